The Balaban J connectivity index is 1.91. The minimum Gasteiger partial charge on any atom is -0.207 e. The molecule has 1 heterocycles. The number of benzene rings is 3. The third-order valence-electron chi connectivity index (χ3n) is 5.31. The summed E-state index contributed by atoms with van der Waals surface area (Å²) in [4.78, 5) is 0.232. The molecule has 144 valence electrons. The zero-order valence-corrected chi connectivity index (χ0v) is 16.7. The van der Waals surface area contributed by atoms with Crippen LogP contribution in [0.25, 0.3) is 0 Å². The normalized spacial score (nSPS) is 17.3. The summed E-state index contributed by atoms with van der Waals surface area (Å²) in [7, 11) is -3.78. The lowest BCUT2D eigenvalue weighted by Gasteiger charge is -2.37. The second kappa shape index (κ2) is 7.15. The Labute approximate surface area is 165 Å². The van der Waals surface area contributed by atoms with E-state index >= 15 is 0 Å². The zero-order valence-electron chi connectivity index (χ0n) is 15.9. The van der Waals surface area contributed by atoms with E-state index in [1.54, 1.807) is 42.5 Å². The van der Waals surface area contributed by atoms with Crippen LogP contribution in [0.5, 0.6) is 0 Å². The molecule has 0 saturated heterocycles. The average Bonchev–Trinajstić information content (AvgIpc) is 2.68. The fraction of sp³-hybridized carbons (Fsp3) is 0.217. The van der Waals surface area contributed by atoms with E-state index in [0.29, 0.717) is 18.5 Å². The molecule has 28 heavy (non-hydrogen) atoms. The van der Waals surface area contributed by atoms with Crippen molar-refractivity contribution in [3.8, 4) is 0 Å². The third-order valence-corrected chi connectivity index (χ3v) is 7.19. The van der Waals surface area contributed by atoms with Gasteiger partial charge in [0.25, 0.3) is 0 Å². The van der Waals surface area contributed by atoms with Crippen LogP contribution in [0.3, 0.4) is 0 Å². The highest BCUT2D eigenvalue weighted by atomic mass is 32.2. The van der Waals surface area contributed by atoms with Crippen molar-refractivity contribution < 1.29 is 12.8 Å². The summed E-state index contributed by atoms with van der Waals surface area (Å²) in [5.41, 5.74) is 4.31. The van der Waals surface area contributed by atoms with Gasteiger partial charge in [-0.05, 0) is 49.6 Å². The summed E-state index contributed by atoms with van der Waals surface area (Å²) in [6, 6.07) is 18.6. The zero-order chi connectivity index (χ0) is 19.9. The first kappa shape index (κ1) is 18.8. The Morgan fingerprint density at radius 2 is 1.57 bits per heavy atom. The molecule has 3 aromatic rings. The van der Waals surface area contributed by atoms with Gasteiger partial charge in [0.15, 0.2) is 0 Å². The minimum atomic E-state index is -3.78. The van der Waals surface area contributed by atoms with Crippen molar-refractivity contribution in [3.63, 3.8) is 0 Å². The van der Waals surface area contributed by atoms with Crippen LogP contribution in [0.4, 0.5) is 4.39 Å². The molecule has 0 saturated carbocycles. The van der Waals surface area contributed by atoms with E-state index in [4.69, 9.17) is 0 Å². The maximum atomic E-state index is 14.8. The number of aryl methyl sites for hydroxylation is 2. The number of halogens is 1. The average molecular weight is 395 g/mol. The van der Waals surface area contributed by atoms with E-state index in [1.807, 2.05) is 32.0 Å². The van der Waals surface area contributed by atoms with Crippen LogP contribution in [0.15, 0.2) is 71.6 Å². The highest BCUT2D eigenvalue weighted by Crippen LogP contribution is 2.40. The Morgan fingerprint density at radius 1 is 0.893 bits per heavy atom. The fourth-order valence-corrected chi connectivity index (χ4v) is 5.42. The maximum Gasteiger partial charge on any atom is 0.243 e. The van der Waals surface area contributed by atoms with E-state index in [1.165, 1.54) is 10.4 Å². The van der Waals surface area contributed by atoms with Gasteiger partial charge in [-0.15, -0.1) is 0 Å². The molecule has 3 aromatic carbocycles. The highest BCUT2D eigenvalue weighted by molar-refractivity contribution is 7.89. The van der Waals surface area contributed by atoms with Gasteiger partial charge in [-0.1, -0.05) is 59.7 Å². The largest absolute Gasteiger partial charge is 0.243 e. The van der Waals surface area contributed by atoms with Crippen LogP contribution in [-0.2, 0) is 16.4 Å². The standard InChI is InChI=1S/C23H22FNO2S/c1-16-8-11-19(12-9-16)28(26,27)25-14-13-18-10-7-17(2)15-21(18)23(25)20-5-3-4-6-22(20)24/h3-12,15,23H,13-14H2,1-2H3. The van der Waals surface area contributed by atoms with Gasteiger partial charge in [-0.2, -0.15) is 4.31 Å². The van der Waals surface area contributed by atoms with Gasteiger partial charge in [0.1, 0.15) is 5.82 Å². The van der Waals surface area contributed by atoms with E-state index in [9.17, 15) is 12.8 Å². The minimum absolute atomic E-state index is 0.232. The predicted molar refractivity (Wildman–Crippen MR) is 108 cm³/mol. The lowest BCUT2D eigenvalue weighted by atomic mass is 9.88. The molecule has 1 aliphatic rings. The lowest BCUT2D eigenvalue weighted by Crippen LogP contribution is -2.41. The second-order valence-corrected chi connectivity index (χ2v) is 9.20. The number of sulfonamides is 1. The lowest BCUT2D eigenvalue weighted by molar-refractivity contribution is 0.337. The van der Waals surface area contributed by atoms with E-state index in [0.717, 1.165) is 22.3 Å². The molecule has 0 spiro atoms. The molecular weight excluding hydrogens is 373 g/mol. The van der Waals surface area contributed by atoms with E-state index in [-0.39, 0.29) is 4.90 Å². The van der Waals surface area contributed by atoms with Crippen LogP contribution < -0.4 is 0 Å². The third kappa shape index (κ3) is 3.25. The summed E-state index contributed by atoms with van der Waals surface area (Å²) < 4.78 is 43.2. The summed E-state index contributed by atoms with van der Waals surface area (Å²) in [5, 5.41) is 0. The van der Waals surface area contributed by atoms with Crippen LogP contribution in [0.1, 0.15) is 33.9 Å². The van der Waals surface area contributed by atoms with E-state index in [2.05, 4.69) is 0 Å². The first-order chi connectivity index (χ1) is 13.4. The van der Waals surface area contributed by atoms with Gasteiger partial charge < -0.3 is 0 Å². The van der Waals surface area contributed by atoms with Crippen molar-refractivity contribution in [3.05, 3.63) is 100 Å². The number of hydrogen-bond donors (Lipinski definition) is 0. The first-order valence-electron chi connectivity index (χ1n) is 9.30. The molecule has 1 aliphatic heterocycles. The fourth-order valence-electron chi connectivity index (χ4n) is 3.84. The van der Waals surface area contributed by atoms with Gasteiger partial charge in [0.05, 0.1) is 10.9 Å². The SMILES string of the molecule is Cc1ccc(S(=O)(=O)N2CCc3ccc(C)cc3C2c2ccccc2F)cc1. The summed E-state index contributed by atoms with van der Waals surface area (Å²) in [6.45, 7) is 4.19. The van der Waals surface area contributed by atoms with Crippen molar-refractivity contribution in [2.24, 2.45) is 0 Å². The molecule has 0 N–H and O–H groups in total. The monoisotopic (exact) mass is 395 g/mol. The van der Waals surface area contributed by atoms with Gasteiger partial charge in [0.2, 0.25) is 10.0 Å². The van der Waals surface area contributed by atoms with Gasteiger partial charge in [-0.3, -0.25) is 0 Å². The maximum absolute atomic E-state index is 14.8. The molecule has 0 amide bonds. The van der Waals surface area contributed by atoms with Crippen LogP contribution in [0, 0.1) is 19.7 Å². The van der Waals surface area contributed by atoms with Crippen molar-refractivity contribution in [1.29, 1.82) is 0 Å². The van der Waals surface area contributed by atoms with Gasteiger partial charge in [0, 0.05) is 12.1 Å². The number of hydrogen-bond acceptors (Lipinski definition) is 2. The number of rotatable bonds is 3. The number of nitrogens with zero attached hydrogens (tertiary/aromatic N) is 1. The molecule has 0 bridgehead atoms. The highest BCUT2D eigenvalue weighted by Gasteiger charge is 2.38. The first-order valence-corrected chi connectivity index (χ1v) is 10.7. The molecule has 0 radical (unpaired) electrons. The van der Waals surface area contributed by atoms with Crippen molar-refractivity contribution in [1.82, 2.24) is 4.31 Å². The van der Waals surface area contributed by atoms with Crippen molar-refractivity contribution >= 4 is 10.0 Å². The number of fused-ring (bicyclic) bond motifs is 1. The molecule has 5 heteroatoms. The Bertz CT molecular complexity index is 1120. The molecule has 0 fully saturated rings. The Hall–Kier alpha value is -2.50. The van der Waals surface area contributed by atoms with Crippen molar-refractivity contribution in [2.75, 3.05) is 6.54 Å². The Kier molecular flexibility index (Phi) is 4.81. The summed E-state index contributed by atoms with van der Waals surface area (Å²) in [5.74, 6) is -0.397. The van der Waals surface area contributed by atoms with Crippen LogP contribution in [0.2, 0.25) is 0 Å². The van der Waals surface area contributed by atoms with Gasteiger partial charge in [-0.25, -0.2) is 12.8 Å². The van der Waals surface area contributed by atoms with Crippen molar-refractivity contribution in [2.45, 2.75) is 31.2 Å². The molecule has 4 rings (SSSR count). The molecule has 1 unspecified atom stereocenters. The summed E-state index contributed by atoms with van der Waals surface area (Å²) in [6.07, 6.45) is 0.603. The van der Waals surface area contributed by atoms with Crippen LogP contribution in [-0.4, -0.2) is 19.3 Å². The summed E-state index contributed by atoms with van der Waals surface area (Å²) >= 11 is 0. The molecule has 1 atom stereocenters. The molecule has 0 aromatic heterocycles. The van der Waals surface area contributed by atoms with Gasteiger partial charge >= 0.3 is 0 Å². The Morgan fingerprint density at radius 3 is 2.29 bits per heavy atom. The smallest absolute Gasteiger partial charge is 0.207 e. The van der Waals surface area contributed by atoms with E-state index < -0.39 is 21.9 Å². The molecular formula is C23H22FNO2S. The molecule has 0 aliphatic carbocycles. The topological polar surface area (TPSA) is 37.4 Å². The predicted octanol–water partition coefficient (Wildman–Crippen LogP) is 4.78. The van der Waals surface area contributed by atoms with Crippen LogP contribution >= 0.6 is 0 Å². The molecule has 3 nitrogen and oxygen atoms in total. The quantitative estimate of drug-likeness (QED) is 0.640. The second-order valence-electron chi connectivity index (χ2n) is 7.31.